The zero-order chi connectivity index (χ0) is 26.0. The number of benzene rings is 3. The normalized spacial score (nSPS) is 10.9. The van der Waals surface area contributed by atoms with Crippen LogP contribution in [0.2, 0.25) is 0 Å². The molecule has 0 heterocycles. The SMILES string of the molecule is CCCCCCCCCCCCCCCCc1ccccc1C(=O)Oc1ccccc1-c1ccccc1. The van der Waals surface area contributed by atoms with Gasteiger partial charge in [-0.3, -0.25) is 0 Å². The summed E-state index contributed by atoms with van der Waals surface area (Å²) in [5.41, 5.74) is 3.74. The molecule has 0 bridgehead atoms. The van der Waals surface area contributed by atoms with Crippen molar-refractivity contribution >= 4 is 5.97 Å². The standard InChI is InChI=1S/C35H46O2/c1-2-3-4-5-6-7-8-9-10-11-12-13-14-16-25-31-26-19-20-28-33(31)35(36)37-34-29-22-21-27-32(34)30-23-17-15-18-24-30/h15,17-24,26-29H,2-14,16,25H2,1H3. The number of esters is 1. The van der Waals surface area contributed by atoms with Crippen molar-refractivity contribution in [2.45, 2.75) is 103 Å². The molecular formula is C35H46O2. The Hall–Kier alpha value is -2.87. The van der Waals surface area contributed by atoms with Gasteiger partial charge in [0.2, 0.25) is 0 Å². The van der Waals surface area contributed by atoms with Crippen molar-refractivity contribution in [1.29, 1.82) is 0 Å². The molecule has 2 nitrogen and oxygen atoms in total. The molecule has 0 atom stereocenters. The largest absolute Gasteiger partial charge is 0.422 e. The van der Waals surface area contributed by atoms with E-state index in [0.29, 0.717) is 11.3 Å². The molecular weight excluding hydrogens is 452 g/mol. The Kier molecular flexibility index (Phi) is 13.6. The Balaban J connectivity index is 1.36. The Morgan fingerprint density at radius 2 is 1.08 bits per heavy atom. The molecule has 0 saturated carbocycles. The number of ether oxygens (including phenoxy) is 1. The van der Waals surface area contributed by atoms with Gasteiger partial charge in [-0.15, -0.1) is 0 Å². The van der Waals surface area contributed by atoms with E-state index in [-0.39, 0.29) is 5.97 Å². The number of unbranched alkanes of at least 4 members (excludes halogenated alkanes) is 13. The Bertz CT molecular complexity index is 1020. The zero-order valence-electron chi connectivity index (χ0n) is 22.9. The second kappa shape index (κ2) is 17.6. The molecule has 3 aromatic rings. The molecule has 0 N–H and O–H groups in total. The van der Waals surface area contributed by atoms with Crippen molar-refractivity contribution in [3.63, 3.8) is 0 Å². The minimum atomic E-state index is -0.274. The number of hydrogen-bond acceptors (Lipinski definition) is 2. The van der Waals surface area contributed by atoms with Crippen LogP contribution in [0.3, 0.4) is 0 Å². The maximum atomic E-state index is 13.1. The van der Waals surface area contributed by atoms with Crippen LogP contribution in [0, 0.1) is 0 Å². The van der Waals surface area contributed by atoms with Crippen LogP contribution in [-0.2, 0) is 6.42 Å². The van der Waals surface area contributed by atoms with Crippen LogP contribution in [0.1, 0.15) is 113 Å². The first-order valence-electron chi connectivity index (χ1n) is 14.7. The first kappa shape index (κ1) is 28.7. The Labute approximate surface area is 225 Å². The van der Waals surface area contributed by atoms with Gasteiger partial charge in [-0.05, 0) is 36.1 Å². The molecule has 0 aliphatic carbocycles. The summed E-state index contributed by atoms with van der Waals surface area (Å²) >= 11 is 0. The fourth-order valence-electron chi connectivity index (χ4n) is 5.01. The van der Waals surface area contributed by atoms with Crippen molar-refractivity contribution in [1.82, 2.24) is 0 Å². The lowest BCUT2D eigenvalue weighted by Gasteiger charge is -2.12. The fraction of sp³-hybridized carbons (Fsp3) is 0.457. The van der Waals surface area contributed by atoms with E-state index in [1.807, 2.05) is 72.8 Å². The van der Waals surface area contributed by atoms with Crippen LogP contribution in [-0.4, -0.2) is 5.97 Å². The van der Waals surface area contributed by atoms with Crippen LogP contribution in [0.5, 0.6) is 5.75 Å². The Morgan fingerprint density at radius 1 is 0.568 bits per heavy atom. The van der Waals surface area contributed by atoms with E-state index >= 15 is 0 Å². The topological polar surface area (TPSA) is 26.3 Å². The molecule has 0 saturated heterocycles. The molecule has 0 amide bonds. The van der Waals surface area contributed by atoms with Crippen LogP contribution >= 0.6 is 0 Å². The van der Waals surface area contributed by atoms with Gasteiger partial charge in [0.15, 0.2) is 0 Å². The quantitative estimate of drug-likeness (QED) is 0.0990. The first-order valence-corrected chi connectivity index (χ1v) is 14.7. The number of aryl methyl sites for hydroxylation is 1. The zero-order valence-corrected chi connectivity index (χ0v) is 22.9. The highest BCUT2D eigenvalue weighted by atomic mass is 16.5. The number of para-hydroxylation sites is 1. The molecule has 0 unspecified atom stereocenters. The van der Waals surface area contributed by atoms with Crippen LogP contribution < -0.4 is 4.74 Å². The third-order valence-corrected chi connectivity index (χ3v) is 7.21. The average molecular weight is 499 g/mol. The van der Waals surface area contributed by atoms with Crippen LogP contribution in [0.4, 0.5) is 0 Å². The number of carbonyl (C=O) groups is 1. The molecule has 198 valence electrons. The van der Waals surface area contributed by atoms with E-state index in [0.717, 1.165) is 29.5 Å². The maximum absolute atomic E-state index is 13.1. The van der Waals surface area contributed by atoms with Crippen LogP contribution in [0.15, 0.2) is 78.9 Å². The minimum Gasteiger partial charge on any atom is -0.422 e. The van der Waals surface area contributed by atoms with Gasteiger partial charge in [0.05, 0.1) is 5.56 Å². The lowest BCUT2D eigenvalue weighted by Crippen LogP contribution is -2.12. The minimum absolute atomic E-state index is 0.274. The van der Waals surface area contributed by atoms with Crippen molar-refractivity contribution < 1.29 is 9.53 Å². The highest BCUT2D eigenvalue weighted by Crippen LogP contribution is 2.30. The van der Waals surface area contributed by atoms with E-state index in [2.05, 4.69) is 13.0 Å². The molecule has 0 aliphatic rings. The second-order valence-corrected chi connectivity index (χ2v) is 10.3. The third kappa shape index (κ3) is 10.6. The van der Waals surface area contributed by atoms with E-state index < -0.39 is 0 Å². The molecule has 3 aromatic carbocycles. The monoisotopic (exact) mass is 498 g/mol. The van der Waals surface area contributed by atoms with Gasteiger partial charge in [0.1, 0.15) is 5.75 Å². The molecule has 0 fully saturated rings. The van der Waals surface area contributed by atoms with E-state index in [9.17, 15) is 4.79 Å². The highest BCUT2D eigenvalue weighted by molar-refractivity contribution is 5.93. The molecule has 3 rings (SSSR count). The van der Waals surface area contributed by atoms with E-state index in [1.54, 1.807) is 0 Å². The molecule has 2 heteroatoms. The van der Waals surface area contributed by atoms with Crippen molar-refractivity contribution in [2.24, 2.45) is 0 Å². The molecule has 37 heavy (non-hydrogen) atoms. The maximum Gasteiger partial charge on any atom is 0.343 e. The van der Waals surface area contributed by atoms with Gasteiger partial charge in [0, 0.05) is 5.56 Å². The van der Waals surface area contributed by atoms with Gasteiger partial charge in [-0.2, -0.15) is 0 Å². The summed E-state index contributed by atoms with van der Waals surface area (Å²) in [6.45, 7) is 2.28. The molecule has 0 aromatic heterocycles. The lowest BCUT2D eigenvalue weighted by atomic mass is 10.00. The molecule has 0 radical (unpaired) electrons. The van der Waals surface area contributed by atoms with Crippen molar-refractivity contribution in [2.75, 3.05) is 0 Å². The number of hydrogen-bond donors (Lipinski definition) is 0. The van der Waals surface area contributed by atoms with E-state index in [4.69, 9.17) is 4.74 Å². The second-order valence-electron chi connectivity index (χ2n) is 10.3. The van der Waals surface area contributed by atoms with Gasteiger partial charge < -0.3 is 4.74 Å². The number of rotatable bonds is 18. The van der Waals surface area contributed by atoms with Crippen LogP contribution in [0.25, 0.3) is 11.1 Å². The predicted octanol–water partition coefficient (Wildman–Crippen LogP) is 10.6. The average Bonchev–Trinajstić information content (AvgIpc) is 2.94. The summed E-state index contributed by atoms with van der Waals surface area (Å²) in [7, 11) is 0. The van der Waals surface area contributed by atoms with Gasteiger partial charge in [-0.1, -0.05) is 157 Å². The summed E-state index contributed by atoms with van der Waals surface area (Å²) in [6.07, 6.45) is 19.9. The summed E-state index contributed by atoms with van der Waals surface area (Å²) in [5.74, 6) is 0.328. The summed E-state index contributed by atoms with van der Waals surface area (Å²) < 4.78 is 5.91. The lowest BCUT2D eigenvalue weighted by molar-refractivity contribution is 0.0734. The smallest absolute Gasteiger partial charge is 0.343 e. The van der Waals surface area contributed by atoms with Crippen molar-refractivity contribution in [3.8, 4) is 16.9 Å². The first-order chi connectivity index (χ1) is 18.3. The highest BCUT2D eigenvalue weighted by Gasteiger charge is 2.15. The summed E-state index contributed by atoms with van der Waals surface area (Å²) in [4.78, 5) is 13.1. The summed E-state index contributed by atoms with van der Waals surface area (Å²) in [5, 5.41) is 0. The van der Waals surface area contributed by atoms with Gasteiger partial charge >= 0.3 is 5.97 Å². The van der Waals surface area contributed by atoms with Gasteiger partial charge in [0.25, 0.3) is 0 Å². The molecule has 0 aliphatic heterocycles. The van der Waals surface area contributed by atoms with E-state index in [1.165, 1.54) is 83.5 Å². The third-order valence-electron chi connectivity index (χ3n) is 7.21. The summed E-state index contributed by atoms with van der Waals surface area (Å²) in [6, 6.07) is 25.7. The predicted molar refractivity (Wildman–Crippen MR) is 157 cm³/mol. The van der Waals surface area contributed by atoms with Crippen molar-refractivity contribution in [3.05, 3.63) is 90.0 Å². The van der Waals surface area contributed by atoms with Gasteiger partial charge in [-0.25, -0.2) is 4.79 Å². The number of carbonyl (C=O) groups excluding carboxylic acids is 1. The Morgan fingerprint density at radius 3 is 1.73 bits per heavy atom. The molecule has 0 spiro atoms. The fourth-order valence-corrected chi connectivity index (χ4v) is 5.01.